The van der Waals surface area contributed by atoms with Crippen molar-refractivity contribution in [3.63, 3.8) is 0 Å². The molecule has 2 aromatic carbocycles. The maximum absolute atomic E-state index is 13.1. The van der Waals surface area contributed by atoms with Crippen LogP contribution < -0.4 is 5.32 Å². The Hall–Kier alpha value is -4.46. The molecule has 0 unspecified atom stereocenters. The number of amides is 1. The number of nitrogens with one attached hydrogen (secondary N) is 2. The first-order valence-electron chi connectivity index (χ1n) is 10.8. The molecule has 0 fully saturated rings. The molecule has 5 nitrogen and oxygen atoms in total. The van der Waals surface area contributed by atoms with E-state index >= 15 is 0 Å². The molecular weight excluding hydrogens is 500 g/mol. The Morgan fingerprint density at radius 1 is 1.00 bits per heavy atom. The third kappa shape index (κ3) is 5.86. The van der Waals surface area contributed by atoms with Crippen LogP contribution in [0.15, 0.2) is 70.8 Å². The topological polar surface area (TPSA) is 81.8 Å². The van der Waals surface area contributed by atoms with Gasteiger partial charge in [0.1, 0.15) is 23.2 Å². The number of nitriles is 1. The lowest BCUT2D eigenvalue weighted by atomic mass is 10.0. The predicted molar refractivity (Wildman–Crippen MR) is 123 cm³/mol. The highest BCUT2D eigenvalue weighted by molar-refractivity contribution is 6.01. The molecule has 0 spiro atoms. The summed E-state index contributed by atoms with van der Waals surface area (Å²) >= 11 is 0. The second-order valence-electron chi connectivity index (χ2n) is 8.03. The third-order valence-electron chi connectivity index (χ3n) is 5.51. The summed E-state index contributed by atoms with van der Waals surface area (Å²) in [5.41, 5.74) is -1.87. The highest BCUT2D eigenvalue weighted by atomic mass is 19.4. The molecule has 2 heterocycles. The van der Waals surface area contributed by atoms with E-state index in [1.807, 2.05) is 30.5 Å². The molecule has 2 aromatic heterocycles. The minimum Gasteiger partial charge on any atom is -0.457 e. The van der Waals surface area contributed by atoms with E-state index in [1.165, 1.54) is 6.07 Å². The molecule has 2 N–H and O–H groups in total. The average molecular weight is 517 g/mol. The van der Waals surface area contributed by atoms with Gasteiger partial charge in [-0.05, 0) is 48.4 Å². The monoisotopic (exact) mass is 517 g/mol. The van der Waals surface area contributed by atoms with Crippen LogP contribution in [-0.4, -0.2) is 17.4 Å². The van der Waals surface area contributed by atoms with Gasteiger partial charge in [0.05, 0.1) is 11.1 Å². The second kappa shape index (κ2) is 9.89. The minimum atomic E-state index is -5.01. The molecule has 0 saturated carbocycles. The first-order valence-corrected chi connectivity index (χ1v) is 10.8. The molecule has 37 heavy (non-hydrogen) atoms. The normalized spacial score (nSPS) is 12.5. The summed E-state index contributed by atoms with van der Waals surface area (Å²) in [5, 5.41) is 13.0. The minimum absolute atomic E-state index is 0.0155. The summed E-state index contributed by atoms with van der Waals surface area (Å²) in [7, 11) is 0. The number of para-hydroxylation sites is 1. The number of benzene rings is 2. The number of hydrogen-bond donors (Lipinski definition) is 2. The summed E-state index contributed by atoms with van der Waals surface area (Å²) < 4.78 is 84.2. The van der Waals surface area contributed by atoms with Crippen LogP contribution >= 0.6 is 0 Å². The van der Waals surface area contributed by atoms with Gasteiger partial charge in [-0.15, -0.1) is 0 Å². The van der Waals surface area contributed by atoms with E-state index in [1.54, 1.807) is 6.07 Å². The lowest BCUT2D eigenvalue weighted by Crippen LogP contribution is -2.26. The van der Waals surface area contributed by atoms with Gasteiger partial charge >= 0.3 is 12.4 Å². The number of furan rings is 1. The van der Waals surface area contributed by atoms with Gasteiger partial charge in [-0.3, -0.25) is 4.79 Å². The zero-order valence-electron chi connectivity index (χ0n) is 18.8. The lowest BCUT2D eigenvalue weighted by Gasteiger charge is -2.13. The van der Waals surface area contributed by atoms with E-state index in [0.29, 0.717) is 18.6 Å². The van der Waals surface area contributed by atoms with Gasteiger partial charge in [0.25, 0.3) is 5.91 Å². The Balaban J connectivity index is 1.50. The van der Waals surface area contributed by atoms with Crippen molar-refractivity contribution in [2.75, 3.05) is 6.54 Å². The Morgan fingerprint density at radius 3 is 2.32 bits per heavy atom. The standard InChI is InChI=1S/C26H17F6N3O2/c27-25(28,29)18-9-16(10-19(12-18)26(30,31)32)23-6-5-20(37-23)11-17(13-33)24(36)34-8-7-15-14-35-22-4-2-1-3-21(15)22/h1-6,9-12,14,35H,7-8H2,(H,34,36)/b17-11+. The molecule has 1 amide bonds. The van der Waals surface area contributed by atoms with Crippen LogP contribution in [0.1, 0.15) is 22.5 Å². The molecule has 0 aliphatic rings. The number of aromatic amines is 1. The molecule has 0 atom stereocenters. The molecule has 11 heteroatoms. The largest absolute Gasteiger partial charge is 0.457 e. The molecule has 0 bridgehead atoms. The first kappa shape index (κ1) is 25.6. The third-order valence-corrected chi connectivity index (χ3v) is 5.51. The van der Waals surface area contributed by atoms with Crippen LogP contribution in [0.5, 0.6) is 0 Å². The van der Waals surface area contributed by atoms with Crippen molar-refractivity contribution in [1.29, 1.82) is 5.26 Å². The van der Waals surface area contributed by atoms with E-state index in [4.69, 9.17) is 4.42 Å². The van der Waals surface area contributed by atoms with Crippen molar-refractivity contribution in [2.24, 2.45) is 0 Å². The molecular formula is C26H17F6N3O2. The number of aromatic nitrogens is 1. The smallest absolute Gasteiger partial charge is 0.416 e. The quantitative estimate of drug-likeness (QED) is 0.169. The van der Waals surface area contributed by atoms with Crippen molar-refractivity contribution < 1.29 is 35.6 Å². The van der Waals surface area contributed by atoms with Crippen molar-refractivity contribution in [3.8, 4) is 17.4 Å². The highest BCUT2D eigenvalue weighted by Gasteiger charge is 2.37. The lowest BCUT2D eigenvalue weighted by molar-refractivity contribution is -0.143. The van der Waals surface area contributed by atoms with Gasteiger partial charge in [0.2, 0.25) is 0 Å². The maximum atomic E-state index is 13.1. The van der Waals surface area contributed by atoms with Crippen molar-refractivity contribution in [2.45, 2.75) is 18.8 Å². The van der Waals surface area contributed by atoms with Crippen LogP contribution in [0.3, 0.4) is 0 Å². The number of carbonyl (C=O) groups is 1. The van der Waals surface area contributed by atoms with Crippen LogP contribution in [0.2, 0.25) is 0 Å². The van der Waals surface area contributed by atoms with E-state index in [0.717, 1.165) is 28.6 Å². The molecule has 4 aromatic rings. The Morgan fingerprint density at radius 2 is 1.68 bits per heavy atom. The van der Waals surface area contributed by atoms with Gasteiger partial charge in [0.15, 0.2) is 0 Å². The Labute approximate surface area is 206 Å². The molecule has 0 aliphatic carbocycles. The van der Waals surface area contributed by atoms with E-state index < -0.39 is 35.0 Å². The number of alkyl halides is 6. The van der Waals surface area contributed by atoms with Crippen molar-refractivity contribution >= 4 is 22.9 Å². The summed E-state index contributed by atoms with van der Waals surface area (Å²) in [4.78, 5) is 15.6. The van der Waals surface area contributed by atoms with Crippen LogP contribution in [0.25, 0.3) is 28.3 Å². The zero-order chi connectivity index (χ0) is 26.8. The number of H-pyrrole nitrogens is 1. The molecule has 4 rings (SSSR count). The van der Waals surface area contributed by atoms with Crippen molar-refractivity contribution in [1.82, 2.24) is 10.3 Å². The number of carbonyl (C=O) groups excluding carboxylic acids is 1. The van der Waals surface area contributed by atoms with Gasteiger partial charge in [0, 0.05) is 35.3 Å². The SMILES string of the molecule is N#C/C(=C\c1ccc(-c2cc(C(F)(F)F)cc(C(F)(F)F)c2)o1)C(=O)NCCc1c[nH]c2ccccc12. The second-order valence-corrected chi connectivity index (χ2v) is 8.03. The summed E-state index contributed by atoms with van der Waals surface area (Å²) in [5.74, 6) is -1.09. The molecule has 0 saturated heterocycles. The summed E-state index contributed by atoms with van der Waals surface area (Å²) in [6, 6.07) is 12.8. The molecule has 190 valence electrons. The van der Waals surface area contributed by atoms with Gasteiger partial charge in [-0.2, -0.15) is 31.6 Å². The number of fused-ring (bicyclic) bond motifs is 1. The number of rotatable bonds is 6. The van der Waals surface area contributed by atoms with E-state index in [9.17, 15) is 36.4 Å². The molecule has 0 radical (unpaired) electrons. The average Bonchev–Trinajstić information content (AvgIpc) is 3.48. The number of nitrogens with zero attached hydrogens (tertiary/aromatic N) is 1. The fourth-order valence-corrected chi connectivity index (χ4v) is 3.72. The zero-order valence-corrected chi connectivity index (χ0v) is 18.8. The van der Waals surface area contributed by atoms with Crippen molar-refractivity contribution in [3.05, 3.63) is 88.8 Å². The first-order chi connectivity index (χ1) is 17.5. The Bertz CT molecular complexity index is 1490. The maximum Gasteiger partial charge on any atom is 0.416 e. The van der Waals surface area contributed by atoms with Crippen LogP contribution in [0.4, 0.5) is 26.3 Å². The fourth-order valence-electron chi connectivity index (χ4n) is 3.72. The highest BCUT2D eigenvalue weighted by Crippen LogP contribution is 2.39. The van der Waals surface area contributed by atoms with Gasteiger partial charge in [-0.1, -0.05) is 18.2 Å². The Kier molecular flexibility index (Phi) is 6.85. The predicted octanol–water partition coefficient (Wildman–Crippen LogP) is 6.73. The number of hydrogen-bond acceptors (Lipinski definition) is 3. The van der Waals surface area contributed by atoms with E-state index in [2.05, 4.69) is 10.3 Å². The number of halogens is 6. The van der Waals surface area contributed by atoms with E-state index in [-0.39, 0.29) is 29.7 Å². The van der Waals surface area contributed by atoms with Gasteiger partial charge < -0.3 is 14.7 Å². The van der Waals surface area contributed by atoms with Crippen LogP contribution in [0, 0.1) is 11.3 Å². The summed E-state index contributed by atoms with van der Waals surface area (Å²) in [6.07, 6.45) is -6.66. The molecule has 0 aliphatic heterocycles. The van der Waals surface area contributed by atoms with Gasteiger partial charge in [-0.25, -0.2) is 0 Å². The van der Waals surface area contributed by atoms with Crippen LogP contribution in [-0.2, 0) is 23.6 Å². The fraction of sp³-hybridized carbons (Fsp3) is 0.154. The summed E-state index contributed by atoms with van der Waals surface area (Å²) in [6.45, 7) is 0.216.